The highest BCUT2D eigenvalue weighted by molar-refractivity contribution is 5.41. The van der Waals surface area contributed by atoms with E-state index in [4.69, 9.17) is 11.0 Å². The second-order valence-corrected chi connectivity index (χ2v) is 2.38. The minimum absolute atomic E-state index is 0.251. The molecule has 0 amide bonds. The normalized spacial score (nSPS) is 9.33. The van der Waals surface area contributed by atoms with Crippen LogP contribution in [0.15, 0.2) is 6.20 Å². The Labute approximate surface area is 71.1 Å². The molecule has 0 aliphatic heterocycles. The summed E-state index contributed by atoms with van der Waals surface area (Å²) >= 11 is 0. The Bertz CT molecular complexity index is 313. The molecule has 0 bridgehead atoms. The molecule has 0 aromatic carbocycles. The van der Waals surface area contributed by atoms with Gasteiger partial charge in [0.15, 0.2) is 0 Å². The number of nitrogens with two attached hydrogens (primary N) is 1. The first-order chi connectivity index (χ1) is 5.77. The standard InChI is InChI=1S/C8H10N4/c1-2-8-11-5-6(10)7(12-8)3-4-9/h5H,2-3,10H2,1H3. The summed E-state index contributed by atoms with van der Waals surface area (Å²) in [5.74, 6) is 0.731. The summed E-state index contributed by atoms with van der Waals surface area (Å²) in [5.41, 5.74) is 6.68. The molecule has 0 saturated carbocycles. The lowest BCUT2D eigenvalue weighted by atomic mass is 10.2. The van der Waals surface area contributed by atoms with Gasteiger partial charge in [0.2, 0.25) is 0 Å². The zero-order chi connectivity index (χ0) is 8.97. The third-order valence-electron chi connectivity index (χ3n) is 1.51. The van der Waals surface area contributed by atoms with Gasteiger partial charge in [-0.05, 0) is 0 Å². The smallest absolute Gasteiger partial charge is 0.128 e. The van der Waals surface area contributed by atoms with E-state index in [0.717, 1.165) is 12.2 Å². The topological polar surface area (TPSA) is 75.6 Å². The number of nitrogen functional groups attached to an aromatic ring is 1. The minimum atomic E-state index is 0.251. The number of nitriles is 1. The Hall–Kier alpha value is -1.63. The molecule has 2 N–H and O–H groups in total. The van der Waals surface area contributed by atoms with E-state index in [0.29, 0.717) is 11.4 Å². The van der Waals surface area contributed by atoms with Crippen LogP contribution >= 0.6 is 0 Å². The van der Waals surface area contributed by atoms with Crippen molar-refractivity contribution in [2.24, 2.45) is 0 Å². The lowest BCUT2D eigenvalue weighted by Crippen LogP contribution is -2.02. The maximum absolute atomic E-state index is 8.44. The quantitative estimate of drug-likeness (QED) is 0.694. The summed E-state index contributed by atoms with van der Waals surface area (Å²) in [4.78, 5) is 8.12. The van der Waals surface area contributed by atoms with Gasteiger partial charge in [-0.1, -0.05) is 6.92 Å². The number of aryl methyl sites for hydroxylation is 1. The van der Waals surface area contributed by atoms with Crippen LogP contribution in [0.4, 0.5) is 5.69 Å². The van der Waals surface area contributed by atoms with Crippen molar-refractivity contribution in [1.82, 2.24) is 9.97 Å². The van der Waals surface area contributed by atoms with E-state index < -0.39 is 0 Å². The largest absolute Gasteiger partial charge is 0.396 e. The average Bonchev–Trinajstić information content (AvgIpc) is 2.09. The third kappa shape index (κ3) is 1.70. The Balaban J connectivity index is 3.01. The molecule has 1 heterocycles. The van der Waals surface area contributed by atoms with Gasteiger partial charge in [-0.25, -0.2) is 9.97 Å². The first kappa shape index (κ1) is 8.47. The molecule has 0 aliphatic carbocycles. The highest BCUT2D eigenvalue weighted by Crippen LogP contribution is 2.07. The molecule has 4 heteroatoms. The monoisotopic (exact) mass is 162 g/mol. The number of nitrogens with zero attached hydrogens (tertiary/aromatic N) is 3. The fourth-order valence-corrected chi connectivity index (χ4v) is 0.855. The molecule has 1 rings (SSSR count). The van der Waals surface area contributed by atoms with Gasteiger partial charge < -0.3 is 5.73 Å². The second kappa shape index (κ2) is 3.67. The molecule has 0 fully saturated rings. The van der Waals surface area contributed by atoms with Gasteiger partial charge in [0.05, 0.1) is 30.1 Å². The van der Waals surface area contributed by atoms with Crippen molar-refractivity contribution < 1.29 is 0 Å². The molecule has 4 nitrogen and oxygen atoms in total. The lowest BCUT2D eigenvalue weighted by Gasteiger charge is -2.01. The molecule has 0 spiro atoms. The van der Waals surface area contributed by atoms with Gasteiger partial charge in [0.1, 0.15) is 5.82 Å². The van der Waals surface area contributed by atoms with Crippen LogP contribution in [0.25, 0.3) is 0 Å². The van der Waals surface area contributed by atoms with Crippen molar-refractivity contribution in [3.63, 3.8) is 0 Å². The van der Waals surface area contributed by atoms with Crippen LogP contribution < -0.4 is 5.73 Å². The molecule has 1 aromatic rings. The average molecular weight is 162 g/mol. The summed E-state index contributed by atoms with van der Waals surface area (Å²) in [5, 5.41) is 8.44. The fraction of sp³-hybridized carbons (Fsp3) is 0.375. The van der Waals surface area contributed by atoms with Gasteiger partial charge in [0.25, 0.3) is 0 Å². The summed E-state index contributed by atoms with van der Waals surface area (Å²) in [6.07, 6.45) is 2.57. The van der Waals surface area contributed by atoms with Crippen molar-refractivity contribution in [3.05, 3.63) is 17.7 Å². The molecule has 0 radical (unpaired) electrons. The maximum atomic E-state index is 8.44. The van der Waals surface area contributed by atoms with Crippen LogP contribution in [0, 0.1) is 11.3 Å². The molecular formula is C8H10N4. The SMILES string of the molecule is CCc1ncc(N)c(CC#N)n1. The molecule has 12 heavy (non-hydrogen) atoms. The Morgan fingerprint density at radius 1 is 1.67 bits per heavy atom. The molecule has 0 aliphatic rings. The van der Waals surface area contributed by atoms with Crippen molar-refractivity contribution in [3.8, 4) is 6.07 Å². The lowest BCUT2D eigenvalue weighted by molar-refractivity contribution is 0.908. The Kier molecular flexibility index (Phi) is 2.59. The molecular weight excluding hydrogens is 152 g/mol. The molecule has 62 valence electrons. The third-order valence-corrected chi connectivity index (χ3v) is 1.51. The highest BCUT2D eigenvalue weighted by Gasteiger charge is 2.01. The van der Waals surface area contributed by atoms with Crippen LogP contribution in [-0.4, -0.2) is 9.97 Å². The van der Waals surface area contributed by atoms with E-state index in [2.05, 4.69) is 9.97 Å². The van der Waals surface area contributed by atoms with Crippen LogP contribution in [0.1, 0.15) is 18.4 Å². The van der Waals surface area contributed by atoms with Crippen LogP contribution in [0.2, 0.25) is 0 Å². The van der Waals surface area contributed by atoms with Crippen LogP contribution in [-0.2, 0) is 12.8 Å². The Morgan fingerprint density at radius 2 is 2.42 bits per heavy atom. The first-order valence-corrected chi connectivity index (χ1v) is 3.75. The van der Waals surface area contributed by atoms with E-state index in [1.807, 2.05) is 13.0 Å². The van der Waals surface area contributed by atoms with Crippen LogP contribution in [0.3, 0.4) is 0 Å². The number of hydrogen-bond acceptors (Lipinski definition) is 4. The number of hydrogen-bond donors (Lipinski definition) is 1. The van der Waals surface area contributed by atoms with Crippen molar-refractivity contribution in [2.75, 3.05) is 5.73 Å². The zero-order valence-electron chi connectivity index (χ0n) is 6.91. The van der Waals surface area contributed by atoms with Crippen molar-refractivity contribution in [1.29, 1.82) is 5.26 Å². The van der Waals surface area contributed by atoms with Crippen LogP contribution in [0.5, 0.6) is 0 Å². The highest BCUT2D eigenvalue weighted by atomic mass is 14.9. The number of aromatic nitrogens is 2. The van der Waals surface area contributed by atoms with Gasteiger partial charge in [0, 0.05) is 6.42 Å². The molecule has 0 unspecified atom stereocenters. The fourth-order valence-electron chi connectivity index (χ4n) is 0.855. The van der Waals surface area contributed by atoms with Gasteiger partial charge in [-0.2, -0.15) is 5.26 Å². The van der Waals surface area contributed by atoms with E-state index in [1.165, 1.54) is 0 Å². The summed E-state index contributed by atoms with van der Waals surface area (Å²) in [6, 6.07) is 2.01. The van der Waals surface area contributed by atoms with Crippen molar-refractivity contribution >= 4 is 5.69 Å². The molecule has 0 saturated heterocycles. The predicted octanol–water partition coefficient (Wildman–Crippen LogP) is 0.687. The number of anilines is 1. The summed E-state index contributed by atoms with van der Waals surface area (Å²) in [6.45, 7) is 1.96. The molecule has 0 atom stereocenters. The van der Waals surface area contributed by atoms with E-state index in [-0.39, 0.29) is 6.42 Å². The van der Waals surface area contributed by atoms with Crippen molar-refractivity contribution in [2.45, 2.75) is 19.8 Å². The summed E-state index contributed by atoms with van der Waals surface area (Å²) < 4.78 is 0. The predicted molar refractivity (Wildman–Crippen MR) is 45.1 cm³/mol. The minimum Gasteiger partial charge on any atom is -0.396 e. The molecule has 1 aromatic heterocycles. The van der Waals surface area contributed by atoms with E-state index in [9.17, 15) is 0 Å². The van der Waals surface area contributed by atoms with Gasteiger partial charge in [-0.3, -0.25) is 0 Å². The Morgan fingerprint density at radius 3 is 3.00 bits per heavy atom. The zero-order valence-corrected chi connectivity index (χ0v) is 6.91. The second-order valence-electron chi connectivity index (χ2n) is 2.38. The number of rotatable bonds is 2. The first-order valence-electron chi connectivity index (χ1n) is 3.75. The van der Waals surface area contributed by atoms with E-state index >= 15 is 0 Å². The maximum Gasteiger partial charge on any atom is 0.128 e. The summed E-state index contributed by atoms with van der Waals surface area (Å²) in [7, 11) is 0. The van der Waals surface area contributed by atoms with Gasteiger partial charge in [-0.15, -0.1) is 0 Å². The van der Waals surface area contributed by atoms with Gasteiger partial charge >= 0.3 is 0 Å². The van der Waals surface area contributed by atoms with E-state index in [1.54, 1.807) is 6.20 Å².